The Morgan fingerprint density at radius 2 is 2.06 bits per heavy atom. The number of ether oxygens (including phenoxy) is 1. The zero-order chi connectivity index (χ0) is 13.4. The highest BCUT2D eigenvalue weighted by Crippen LogP contribution is 2.21. The number of hydrogen-bond acceptors (Lipinski definition) is 4. The molecule has 0 spiro atoms. The molecule has 0 bridgehead atoms. The number of benzene rings is 1. The first-order valence-corrected chi connectivity index (χ1v) is 7.50. The van der Waals surface area contributed by atoms with Crippen molar-refractivity contribution in [2.24, 2.45) is 0 Å². The summed E-state index contributed by atoms with van der Waals surface area (Å²) in [5.41, 5.74) is 0.986. The minimum atomic E-state index is -0.307. The number of nitrogens with zero attached hydrogens (tertiary/aromatic N) is 1. The Morgan fingerprint density at radius 1 is 1.39 bits per heavy atom. The van der Waals surface area contributed by atoms with E-state index in [0.29, 0.717) is 6.61 Å². The van der Waals surface area contributed by atoms with E-state index in [0.717, 1.165) is 17.9 Å². The number of likely N-dealkylation sites (N-methyl/N-ethyl adjacent to an activating group) is 1. The number of hydrogen-bond donors (Lipinski definition) is 0. The molecule has 0 aliphatic heterocycles. The minimum Gasteiger partial charge on any atom is -0.465 e. The summed E-state index contributed by atoms with van der Waals surface area (Å²) in [6.07, 6.45) is 2.07. The molecule has 1 atom stereocenters. The van der Waals surface area contributed by atoms with Crippen LogP contribution in [-0.4, -0.2) is 43.1 Å². The summed E-state index contributed by atoms with van der Waals surface area (Å²) in [5, 5.41) is 0. The quantitative estimate of drug-likeness (QED) is 0.710. The number of esters is 1. The van der Waals surface area contributed by atoms with Gasteiger partial charge in [0.25, 0.3) is 0 Å². The van der Waals surface area contributed by atoms with E-state index >= 15 is 0 Å². The molecular weight excluding hydrogens is 246 g/mol. The lowest BCUT2D eigenvalue weighted by molar-refractivity contribution is -0.149. The fraction of sp³-hybridized carbons (Fsp3) is 0.500. The molecule has 1 unspecified atom stereocenters. The average Bonchev–Trinajstić information content (AvgIpc) is 2.38. The molecule has 0 saturated heterocycles. The number of carbonyl (C=O) groups is 1. The van der Waals surface area contributed by atoms with Crippen molar-refractivity contribution >= 4 is 17.7 Å². The Balaban J connectivity index is 2.84. The summed E-state index contributed by atoms with van der Waals surface area (Å²) in [5.74, 6) is 0.825. The van der Waals surface area contributed by atoms with E-state index in [9.17, 15) is 4.79 Å². The van der Waals surface area contributed by atoms with Crippen molar-refractivity contribution in [2.75, 3.05) is 32.2 Å². The van der Waals surface area contributed by atoms with Crippen LogP contribution in [0.5, 0.6) is 0 Å². The third kappa shape index (κ3) is 4.35. The first kappa shape index (κ1) is 15.1. The van der Waals surface area contributed by atoms with Crippen LogP contribution in [0, 0.1) is 0 Å². The van der Waals surface area contributed by atoms with Gasteiger partial charge in [0.15, 0.2) is 0 Å². The van der Waals surface area contributed by atoms with Crippen molar-refractivity contribution in [1.29, 1.82) is 0 Å². The minimum absolute atomic E-state index is 0.174. The van der Waals surface area contributed by atoms with Crippen molar-refractivity contribution in [3.05, 3.63) is 35.9 Å². The van der Waals surface area contributed by atoms with Crippen LogP contribution < -0.4 is 0 Å². The van der Waals surface area contributed by atoms with Crippen molar-refractivity contribution in [1.82, 2.24) is 4.90 Å². The predicted molar refractivity (Wildman–Crippen MR) is 76.8 cm³/mol. The maximum absolute atomic E-state index is 12.1. The van der Waals surface area contributed by atoms with Gasteiger partial charge in [0, 0.05) is 12.3 Å². The van der Waals surface area contributed by atoms with Crippen LogP contribution in [0.4, 0.5) is 0 Å². The van der Waals surface area contributed by atoms with Gasteiger partial charge in [-0.15, -0.1) is 0 Å². The smallest absolute Gasteiger partial charge is 0.327 e. The maximum Gasteiger partial charge on any atom is 0.327 e. The van der Waals surface area contributed by atoms with E-state index in [4.69, 9.17) is 4.74 Å². The molecular formula is C14H21NO2S. The SMILES string of the molecule is CCOC(=O)C(c1ccccc1)N(C)CCSC. The highest BCUT2D eigenvalue weighted by atomic mass is 32.2. The second-order valence-corrected chi connectivity index (χ2v) is 5.02. The largest absolute Gasteiger partial charge is 0.465 e. The Labute approximate surface area is 114 Å². The van der Waals surface area contributed by atoms with Gasteiger partial charge in [0.05, 0.1) is 6.61 Å². The lowest BCUT2D eigenvalue weighted by Gasteiger charge is -2.26. The van der Waals surface area contributed by atoms with Crippen LogP contribution in [0.1, 0.15) is 18.5 Å². The molecule has 0 fully saturated rings. The molecule has 0 aliphatic carbocycles. The summed E-state index contributed by atoms with van der Waals surface area (Å²) in [6.45, 7) is 3.11. The highest BCUT2D eigenvalue weighted by molar-refractivity contribution is 7.98. The molecule has 3 nitrogen and oxygen atoms in total. The van der Waals surface area contributed by atoms with Crippen LogP contribution in [0.25, 0.3) is 0 Å². The zero-order valence-corrected chi connectivity index (χ0v) is 12.1. The maximum atomic E-state index is 12.1. The highest BCUT2D eigenvalue weighted by Gasteiger charge is 2.25. The first-order chi connectivity index (χ1) is 8.70. The summed E-state index contributed by atoms with van der Waals surface area (Å²) in [4.78, 5) is 14.1. The van der Waals surface area contributed by atoms with Gasteiger partial charge in [-0.3, -0.25) is 4.90 Å². The monoisotopic (exact) mass is 267 g/mol. The molecule has 1 aromatic rings. The molecule has 4 heteroatoms. The lowest BCUT2D eigenvalue weighted by atomic mass is 10.1. The van der Waals surface area contributed by atoms with Gasteiger partial charge in [0.1, 0.15) is 6.04 Å². The van der Waals surface area contributed by atoms with E-state index in [1.807, 2.05) is 49.2 Å². The number of thioether (sulfide) groups is 1. The summed E-state index contributed by atoms with van der Waals surface area (Å²) in [7, 11) is 1.96. The lowest BCUT2D eigenvalue weighted by Crippen LogP contribution is -2.33. The van der Waals surface area contributed by atoms with Gasteiger partial charge in [-0.1, -0.05) is 30.3 Å². The number of carbonyl (C=O) groups excluding carboxylic acids is 1. The van der Waals surface area contributed by atoms with Gasteiger partial charge in [-0.2, -0.15) is 11.8 Å². The van der Waals surface area contributed by atoms with Gasteiger partial charge >= 0.3 is 5.97 Å². The summed E-state index contributed by atoms with van der Waals surface area (Å²) in [6, 6.07) is 9.48. The third-order valence-electron chi connectivity index (χ3n) is 2.71. The van der Waals surface area contributed by atoms with Gasteiger partial charge in [-0.05, 0) is 25.8 Å². The molecule has 0 amide bonds. The second kappa shape index (κ2) is 8.16. The Bertz CT molecular complexity index is 356. The molecule has 0 radical (unpaired) electrons. The van der Waals surface area contributed by atoms with Crippen molar-refractivity contribution in [2.45, 2.75) is 13.0 Å². The molecule has 1 rings (SSSR count). The first-order valence-electron chi connectivity index (χ1n) is 6.11. The zero-order valence-electron chi connectivity index (χ0n) is 11.3. The van der Waals surface area contributed by atoms with Crippen molar-refractivity contribution in [3.63, 3.8) is 0 Å². The molecule has 0 aliphatic rings. The third-order valence-corrected chi connectivity index (χ3v) is 3.30. The fourth-order valence-electron chi connectivity index (χ4n) is 1.79. The molecule has 100 valence electrons. The molecule has 1 aromatic carbocycles. The van der Waals surface area contributed by atoms with Crippen molar-refractivity contribution < 1.29 is 9.53 Å². The summed E-state index contributed by atoms with van der Waals surface area (Å²) < 4.78 is 5.17. The molecule has 18 heavy (non-hydrogen) atoms. The Kier molecular flexibility index (Phi) is 6.83. The van der Waals surface area contributed by atoms with Crippen LogP contribution in [0.2, 0.25) is 0 Å². The molecule has 0 heterocycles. The Hall–Kier alpha value is -1.00. The van der Waals surface area contributed by atoms with E-state index in [1.165, 1.54) is 0 Å². The second-order valence-electron chi connectivity index (χ2n) is 4.04. The van der Waals surface area contributed by atoms with Crippen LogP contribution in [-0.2, 0) is 9.53 Å². The average molecular weight is 267 g/mol. The standard InChI is InChI=1S/C14H21NO2S/c1-4-17-14(16)13(15(2)10-11-18-3)12-8-6-5-7-9-12/h5-9,13H,4,10-11H2,1-3H3. The fourth-order valence-corrected chi connectivity index (χ4v) is 2.26. The van der Waals surface area contributed by atoms with Gasteiger partial charge in [-0.25, -0.2) is 4.79 Å². The van der Waals surface area contributed by atoms with Crippen LogP contribution in [0.15, 0.2) is 30.3 Å². The van der Waals surface area contributed by atoms with E-state index in [2.05, 4.69) is 6.26 Å². The van der Waals surface area contributed by atoms with E-state index in [1.54, 1.807) is 11.8 Å². The molecule has 0 N–H and O–H groups in total. The number of rotatable bonds is 7. The van der Waals surface area contributed by atoms with Crippen LogP contribution in [0.3, 0.4) is 0 Å². The van der Waals surface area contributed by atoms with E-state index in [-0.39, 0.29) is 12.0 Å². The van der Waals surface area contributed by atoms with Crippen LogP contribution >= 0.6 is 11.8 Å². The normalized spacial score (nSPS) is 12.4. The molecule has 0 saturated carbocycles. The van der Waals surface area contributed by atoms with Gasteiger partial charge in [0.2, 0.25) is 0 Å². The Morgan fingerprint density at radius 3 is 2.61 bits per heavy atom. The van der Waals surface area contributed by atoms with Crippen molar-refractivity contribution in [3.8, 4) is 0 Å². The van der Waals surface area contributed by atoms with Gasteiger partial charge < -0.3 is 4.74 Å². The topological polar surface area (TPSA) is 29.5 Å². The van der Waals surface area contributed by atoms with E-state index < -0.39 is 0 Å². The summed E-state index contributed by atoms with van der Waals surface area (Å²) >= 11 is 1.77. The predicted octanol–water partition coefficient (Wildman–Crippen LogP) is 2.59. The molecule has 0 aromatic heterocycles.